The molecule has 47 heavy (non-hydrogen) atoms. The Morgan fingerprint density at radius 1 is 1.06 bits per heavy atom. The SMILES string of the molecule is CC(=O)N(C)C.CC(C)(C)OCN1C2CCC1CNC2.Cc1cc2cnc(Nc3ccc(C(=O)O)cn3)nc2n1C1CC2CCC1C2. The van der Waals surface area contributed by atoms with Crippen molar-refractivity contribution in [3.8, 4) is 0 Å². The van der Waals surface area contributed by atoms with Crippen LogP contribution in [0, 0.1) is 18.8 Å². The number of fused-ring (bicyclic) bond motifs is 5. The minimum absolute atomic E-state index is 0.00961. The number of carboxylic acid groups (broad SMARTS) is 1. The van der Waals surface area contributed by atoms with Crippen molar-refractivity contribution < 1.29 is 19.4 Å². The second-order valence-corrected chi connectivity index (χ2v) is 14.6. The summed E-state index contributed by atoms with van der Waals surface area (Å²) >= 11 is 0. The highest BCUT2D eigenvalue weighted by Crippen LogP contribution is 2.51. The molecule has 1 amide bonds. The molecule has 0 spiro atoms. The topological polar surface area (TPSA) is 138 Å². The molecule has 3 aromatic rings. The van der Waals surface area contributed by atoms with E-state index in [-0.39, 0.29) is 17.1 Å². The minimum Gasteiger partial charge on any atom is -0.478 e. The fourth-order valence-corrected chi connectivity index (χ4v) is 7.20. The van der Waals surface area contributed by atoms with Crippen LogP contribution in [0.1, 0.15) is 88.3 Å². The van der Waals surface area contributed by atoms with Gasteiger partial charge in [0, 0.05) is 75.7 Å². The lowest BCUT2D eigenvalue weighted by molar-refractivity contribution is -0.126. The van der Waals surface area contributed by atoms with E-state index < -0.39 is 5.97 Å². The number of hydrogen-bond acceptors (Lipinski definition) is 9. The second kappa shape index (κ2) is 14.7. The summed E-state index contributed by atoms with van der Waals surface area (Å²) in [7, 11) is 3.45. The van der Waals surface area contributed by atoms with Crippen molar-refractivity contribution in [2.75, 3.05) is 39.2 Å². The van der Waals surface area contributed by atoms with Crippen molar-refractivity contribution in [2.45, 2.75) is 96.9 Å². The first-order valence-corrected chi connectivity index (χ1v) is 16.9. The highest BCUT2D eigenvalue weighted by atomic mass is 16.5. The molecule has 3 N–H and O–H groups in total. The van der Waals surface area contributed by atoms with E-state index in [1.54, 1.807) is 20.2 Å². The Bertz CT molecular complexity index is 1520. The maximum absolute atomic E-state index is 10.9. The molecule has 4 bridgehead atoms. The molecule has 2 aliphatic carbocycles. The molecule has 256 valence electrons. The number of piperazine rings is 1. The number of rotatable bonds is 6. The lowest BCUT2D eigenvalue weighted by Crippen LogP contribution is -2.53. The van der Waals surface area contributed by atoms with Crippen molar-refractivity contribution in [3.63, 3.8) is 0 Å². The largest absolute Gasteiger partial charge is 0.478 e. The number of aryl methyl sites for hydroxylation is 1. The van der Waals surface area contributed by atoms with E-state index in [0.29, 0.717) is 17.8 Å². The number of carbonyl (C=O) groups excluding carboxylic acids is 1. The van der Waals surface area contributed by atoms with Crippen LogP contribution in [0.15, 0.2) is 30.6 Å². The van der Waals surface area contributed by atoms with Gasteiger partial charge < -0.3 is 29.9 Å². The minimum atomic E-state index is -0.995. The van der Waals surface area contributed by atoms with Crippen LogP contribution < -0.4 is 10.6 Å². The van der Waals surface area contributed by atoms with E-state index in [2.05, 4.69) is 63.8 Å². The van der Waals surface area contributed by atoms with E-state index in [1.165, 1.54) is 68.3 Å². The summed E-state index contributed by atoms with van der Waals surface area (Å²) in [6.45, 7) is 13.1. The number of aromatic nitrogens is 4. The van der Waals surface area contributed by atoms with Crippen LogP contribution in [0.3, 0.4) is 0 Å². The van der Waals surface area contributed by atoms with Gasteiger partial charge in [0.15, 0.2) is 0 Å². The first-order chi connectivity index (χ1) is 22.3. The van der Waals surface area contributed by atoms with Gasteiger partial charge in [-0.1, -0.05) is 6.42 Å². The molecule has 0 radical (unpaired) electrons. The molecule has 2 aliphatic heterocycles. The number of nitrogens with one attached hydrogen (secondary N) is 2. The molecule has 4 aliphatic rings. The second-order valence-electron chi connectivity index (χ2n) is 14.6. The van der Waals surface area contributed by atoms with E-state index in [0.717, 1.165) is 54.8 Å². The van der Waals surface area contributed by atoms with Gasteiger partial charge in [0.2, 0.25) is 11.9 Å². The van der Waals surface area contributed by atoms with Gasteiger partial charge in [0.25, 0.3) is 0 Å². The number of aromatic carboxylic acids is 1. The Kier molecular flexibility index (Phi) is 10.8. The molecule has 7 rings (SSSR count). The number of pyridine rings is 1. The average molecular weight is 649 g/mol. The fourth-order valence-electron chi connectivity index (χ4n) is 7.20. The van der Waals surface area contributed by atoms with Crippen LogP contribution in [0.2, 0.25) is 0 Å². The van der Waals surface area contributed by atoms with Crippen molar-refractivity contribution >= 4 is 34.7 Å². The number of carbonyl (C=O) groups is 2. The first-order valence-electron chi connectivity index (χ1n) is 16.9. The maximum atomic E-state index is 10.9. The smallest absolute Gasteiger partial charge is 0.337 e. The van der Waals surface area contributed by atoms with E-state index >= 15 is 0 Å². The molecule has 0 aromatic carbocycles. The Morgan fingerprint density at radius 2 is 1.77 bits per heavy atom. The number of amides is 1. The van der Waals surface area contributed by atoms with Gasteiger partial charge >= 0.3 is 5.97 Å². The molecule has 2 saturated heterocycles. The zero-order valence-corrected chi connectivity index (χ0v) is 29.0. The van der Waals surface area contributed by atoms with Crippen molar-refractivity contribution in [1.29, 1.82) is 0 Å². The summed E-state index contributed by atoms with van der Waals surface area (Å²) in [5.41, 5.74) is 2.34. The van der Waals surface area contributed by atoms with Crippen LogP contribution in [0.25, 0.3) is 11.0 Å². The van der Waals surface area contributed by atoms with Gasteiger partial charge in [0.1, 0.15) is 18.2 Å². The summed E-state index contributed by atoms with van der Waals surface area (Å²) in [5.74, 6) is 1.73. The summed E-state index contributed by atoms with van der Waals surface area (Å²) in [4.78, 5) is 38.4. The molecule has 12 heteroatoms. The summed E-state index contributed by atoms with van der Waals surface area (Å²) < 4.78 is 8.24. The van der Waals surface area contributed by atoms with Gasteiger partial charge in [-0.15, -0.1) is 0 Å². The van der Waals surface area contributed by atoms with Crippen LogP contribution in [0.4, 0.5) is 11.8 Å². The van der Waals surface area contributed by atoms with Gasteiger partial charge in [-0.25, -0.2) is 14.8 Å². The normalized spacial score (nSPS) is 24.7. The van der Waals surface area contributed by atoms with Crippen LogP contribution in [0.5, 0.6) is 0 Å². The quantitative estimate of drug-likeness (QED) is 0.326. The van der Waals surface area contributed by atoms with Crippen molar-refractivity contribution in [3.05, 3.63) is 41.9 Å². The van der Waals surface area contributed by atoms with Gasteiger partial charge in [-0.3, -0.25) is 9.69 Å². The Balaban J connectivity index is 0.000000181. The molecule has 5 unspecified atom stereocenters. The molecule has 4 fully saturated rings. The average Bonchev–Trinajstić information content (AvgIpc) is 3.77. The summed E-state index contributed by atoms with van der Waals surface area (Å²) in [6.07, 6.45) is 11.1. The monoisotopic (exact) mass is 648 g/mol. The Labute approximate surface area is 278 Å². The zero-order chi connectivity index (χ0) is 33.9. The molecular formula is C35H52N8O4. The molecule has 5 heterocycles. The summed E-state index contributed by atoms with van der Waals surface area (Å²) in [5, 5.41) is 16.6. The third-order valence-corrected chi connectivity index (χ3v) is 9.86. The van der Waals surface area contributed by atoms with Crippen molar-refractivity contribution in [2.24, 2.45) is 11.8 Å². The molecule has 3 aromatic heterocycles. The summed E-state index contributed by atoms with van der Waals surface area (Å²) in [6, 6.07) is 7.27. The number of nitrogens with zero attached hydrogens (tertiary/aromatic N) is 6. The van der Waals surface area contributed by atoms with Crippen LogP contribution >= 0.6 is 0 Å². The predicted molar refractivity (Wildman–Crippen MR) is 183 cm³/mol. The fraction of sp³-hybridized carbons (Fsp3) is 0.629. The Morgan fingerprint density at radius 3 is 2.30 bits per heavy atom. The lowest BCUT2D eigenvalue weighted by Gasteiger charge is -2.36. The number of ether oxygens (including phenoxy) is 1. The van der Waals surface area contributed by atoms with E-state index in [1.807, 2.05) is 6.20 Å². The third-order valence-electron chi connectivity index (χ3n) is 9.86. The van der Waals surface area contributed by atoms with Gasteiger partial charge in [-0.2, -0.15) is 4.98 Å². The zero-order valence-electron chi connectivity index (χ0n) is 29.0. The van der Waals surface area contributed by atoms with Crippen LogP contribution in [-0.4, -0.2) is 97.9 Å². The first kappa shape index (κ1) is 34.7. The number of hydrogen-bond donors (Lipinski definition) is 3. The Hall–Kier alpha value is -3.61. The van der Waals surface area contributed by atoms with E-state index in [9.17, 15) is 9.59 Å². The van der Waals surface area contributed by atoms with Crippen molar-refractivity contribution in [1.82, 2.24) is 34.6 Å². The third kappa shape index (κ3) is 8.65. The van der Waals surface area contributed by atoms with Crippen LogP contribution in [-0.2, 0) is 9.53 Å². The molecule has 12 nitrogen and oxygen atoms in total. The standard InChI is InChI=1S/C20H21N5O2.C11H22N2O.C4H9NO/c1-11-6-15-10-22-20(23-17-5-4-14(9-21-17)19(26)27)24-18(15)25(11)16-8-12-2-3-13(16)7-12;1-11(2,3)14-8-13-9-4-5-10(13)7-12-6-9;1-4(6)5(2)3/h4-6,9-10,12-13,16H,2-3,7-8H2,1H3,(H,26,27)(H,21,22,23,24);9-10,12H,4-8H2,1-3H3;1-3H3. The molecule has 5 atom stereocenters. The number of carboxylic acids is 1. The predicted octanol–water partition coefficient (Wildman–Crippen LogP) is 5.23. The molecular weight excluding hydrogens is 596 g/mol. The van der Waals surface area contributed by atoms with Gasteiger partial charge in [-0.05, 0) is 89.8 Å². The highest BCUT2D eigenvalue weighted by molar-refractivity contribution is 5.87. The highest BCUT2D eigenvalue weighted by Gasteiger charge is 2.41. The lowest BCUT2D eigenvalue weighted by atomic mass is 9.95. The molecule has 2 saturated carbocycles. The van der Waals surface area contributed by atoms with E-state index in [4.69, 9.17) is 14.8 Å². The maximum Gasteiger partial charge on any atom is 0.337 e. The number of anilines is 2. The van der Waals surface area contributed by atoms with Gasteiger partial charge in [0.05, 0.1) is 11.2 Å².